The van der Waals surface area contributed by atoms with Gasteiger partial charge in [-0.15, -0.1) is 0 Å². The molecule has 1 unspecified atom stereocenters. The maximum Gasteiger partial charge on any atom is 0.280 e. The fraction of sp³-hybridized carbons (Fsp3) is 0.235. The monoisotopic (exact) mass is 391 g/mol. The first kappa shape index (κ1) is 17.1. The van der Waals surface area contributed by atoms with Crippen LogP contribution >= 0.6 is 11.6 Å². The van der Waals surface area contributed by atoms with Crippen LogP contribution in [0.1, 0.15) is 27.3 Å². The minimum Gasteiger partial charge on any atom is -0.268 e. The highest BCUT2D eigenvalue weighted by atomic mass is 35.5. The second-order valence-electron chi connectivity index (χ2n) is 6.12. The summed E-state index contributed by atoms with van der Waals surface area (Å²) in [5.74, 6) is -0.910. The number of nitrogens with zero attached hydrogens (tertiary/aromatic N) is 3. The Bertz CT molecular complexity index is 989. The first-order valence-electron chi connectivity index (χ1n) is 7.99. The zero-order chi connectivity index (χ0) is 18.5. The van der Waals surface area contributed by atoms with E-state index in [1.54, 1.807) is 24.3 Å². The number of imide groups is 1. The van der Waals surface area contributed by atoms with Crippen LogP contribution in [0.4, 0.5) is 0 Å². The van der Waals surface area contributed by atoms with Gasteiger partial charge in [-0.25, -0.2) is 8.42 Å². The molecule has 0 bridgehead atoms. The molecule has 2 aliphatic heterocycles. The molecule has 0 spiro atoms. The van der Waals surface area contributed by atoms with Gasteiger partial charge in [0.05, 0.1) is 16.6 Å². The number of amides is 2. The molecule has 26 heavy (non-hydrogen) atoms. The van der Waals surface area contributed by atoms with Gasteiger partial charge in [-0.1, -0.05) is 23.7 Å². The molecular weight excluding hydrogens is 378 g/mol. The normalized spacial score (nSPS) is 20.7. The molecule has 1 saturated heterocycles. The van der Waals surface area contributed by atoms with Crippen molar-refractivity contribution in [2.24, 2.45) is 0 Å². The number of rotatable bonds is 3. The van der Waals surface area contributed by atoms with Crippen molar-refractivity contribution in [1.29, 1.82) is 0 Å². The number of fused-ring (bicyclic) bond motifs is 1. The van der Waals surface area contributed by atoms with E-state index in [1.807, 2.05) is 0 Å². The first-order valence-corrected chi connectivity index (χ1v) is 9.80. The van der Waals surface area contributed by atoms with Crippen LogP contribution in [0.3, 0.4) is 0 Å². The highest BCUT2D eigenvalue weighted by molar-refractivity contribution is 7.89. The van der Waals surface area contributed by atoms with E-state index in [9.17, 15) is 18.0 Å². The lowest BCUT2D eigenvalue weighted by Gasteiger charge is -2.22. The number of sulfonamides is 1. The highest BCUT2D eigenvalue weighted by Crippen LogP contribution is 2.31. The minimum absolute atomic E-state index is 0.0198. The van der Waals surface area contributed by atoms with Crippen molar-refractivity contribution in [2.75, 3.05) is 13.1 Å². The van der Waals surface area contributed by atoms with Crippen LogP contribution in [0.25, 0.3) is 0 Å². The number of halogens is 1. The van der Waals surface area contributed by atoms with Gasteiger partial charge in [0.1, 0.15) is 10.6 Å². The van der Waals surface area contributed by atoms with E-state index in [0.717, 1.165) is 4.90 Å². The number of carbonyl (C=O) groups is 2. The van der Waals surface area contributed by atoms with E-state index in [4.69, 9.17) is 11.6 Å². The predicted molar refractivity (Wildman–Crippen MR) is 93.4 cm³/mol. The third kappa shape index (κ3) is 2.53. The van der Waals surface area contributed by atoms with Gasteiger partial charge in [0.25, 0.3) is 11.8 Å². The van der Waals surface area contributed by atoms with Gasteiger partial charge in [0, 0.05) is 19.3 Å². The van der Waals surface area contributed by atoms with Crippen LogP contribution in [0.2, 0.25) is 5.02 Å². The van der Waals surface area contributed by atoms with E-state index in [2.05, 4.69) is 4.98 Å². The fourth-order valence-corrected chi connectivity index (χ4v) is 5.33. The third-order valence-electron chi connectivity index (χ3n) is 4.62. The molecule has 134 valence electrons. The lowest BCUT2D eigenvalue weighted by Crippen LogP contribution is -2.42. The van der Waals surface area contributed by atoms with Gasteiger partial charge in [-0.2, -0.15) is 4.31 Å². The summed E-state index contributed by atoms with van der Waals surface area (Å²) in [4.78, 5) is 30.2. The van der Waals surface area contributed by atoms with Crippen LogP contribution in [0, 0.1) is 0 Å². The van der Waals surface area contributed by atoms with E-state index >= 15 is 0 Å². The molecule has 1 aromatic heterocycles. The van der Waals surface area contributed by atoms with Crippen molar-refractivity contribution in [3.8, 4) is 0 Å². The molecular formula is C17H14ClN3O4S. The third-order valence-corrected chi connectivity index (χ3v) is 6.99. The molecule has 7 nitrogen and oxygen atoms in total. The number of carbonyl (C=O) groups excluding carboxylic acids is 2. The maximum atomic E-state index is 12.8. The molecule has 3 heterocycles. The molecule has 2 amide bonds. The average molecular weight is 392 g/mol. The van der Waals surface area contributed by atoms with Crippen molar-refractivity contribution in [1.82, 2.24) is 14.2 Å². The molecule has 1 fully saturated rings. The van der Waals surface area contributed by atoms with E-state index < -0.39 is 27.9 Å². The zero-order valence-corrected chi connectivity index (χ0v) is 15.1. The summed E-state index contributed by atoms with van der Waals surface area (Å²) in [5.41, 5.74) is 0.370. The van der Waals surface area contributed by atoms with Crippen molar-refractivity contribution in [3.05, 3.63) is 58.9 Å². The Balaban J connectivity index is 1.60. The maximum absolute atomic E-state index is 12.8. The standard InChI is InChI=1S/C17H14ClN3O4S/c18-13-5-1-2-6-14(13)26(24,25)20-9-7-11(10-20)21-16(22)12-4-3-8-19-15(12)17(21)23/h1-6,8,11H,7,9-10H2. The molecule has 4 rings (SSSR count). The second-order valence-corrected chi connectivity index (χ2v) is 8.43. The van der Waals surface area contributed by atoms with E-state index in [1.165, 1.54) is 22.6 Å². The smallest absolute Gasteiger partial charge is 0.268 e. The number of aromatic nitrogens is 1. The van der Waals surface area contributed by atoms with Gasteiger partial charge in [0.15, 0.2) is 0 Å². The number of benzene rings is 1. The summed E-state index contributed by atoms with van der Waals surface area (Å²) in [6.07, 6.45) is 1.82. The molecule has 2 aromatic rings. The summed E-state index contributed by atoms with van der Waals surface area (Å²) < 4.78 is 26.9. The Morgan fingerprint density at radius 1 is 1.08 bits per heavy atom. The predicted octanol–water partition coefficient (Wildman–Crippen LogP) is 1.79. The van der Waals surface area contributed by atoms with Gasteiger partial charge < -0.3 is 0 Å². The van der Waals surface area contributed by atoms with Crippen LogP contribution < -0.4 is 0 Å². The minimum atomic E-state index is -3.80. The Morgan fingerprint density at radius 2 is 1.85 bits per heavy atom. The first-order chi connectivity index (χ1) is 12.4. The number of hydrogen-bond acceptors (Lipinski definition) is 5. The van der Waals surface area contributed by atoms with Crippen molar-refractivity contribution in [3.63, 3.8) is 0 Å². The highest BCUT2D eigenvalue weighted by Gasteiger charge is 2.45. The Morgan fingerprint density at radius 3 is 2.58 bits per heavy atom. The summed E-state index contributed by atoms with van der Waals surface area (Å²) in [5, 5.41) is 0.140. The molecule has 0 N–H and O–H groups in total. The fourth-order valence-electron chi connectivity index (χ4n) is 3.35. The van der Waals surface area contributed by atoms with Crippen LogP contribution in [0.15, 0.2) is 47.5 Å². The second kappa shape index (κ2) is 6.15. The SMILES string of the molecule is O=C1c2cccnc2C(=O)N1C1CCN(S(=O)(=O)c2ccccc2Cl)C1. The quantitative estimate of drug-likeness (QED) is 0.744. The largest absolute Gasteiger partial charge is 0.280 e. The van der Waals surface area contributed by atoms with E-state index in [-0.39, 0.29) is 34.3 Å². The Labute approximate surface area is 155 Å². The van der Waals surface area contributed by atoms with Crippen LogP contribution in [-0.2, 0) is 10.0 Å². The Kier molecular flexibility index (Phi) is 4.06. The van der Waals surface area contributed by atoms with E-state index in [0.29, 0.717) is 6.42 Å². The Hall–Kier alpha value is -2.29. The summed E-state index contributed by atoms with van der Waals surface area (Å²) in [6, 6.07) is 8.82. The number of hydrogen-bond donors (Lipinski definition) is 0. The molecule has 0 radical (unpaired) electrons. The van der Waals surface area contributed by atoms with Gasteiger partial charge in [0.2, 0.25) is 10.0 Å². The van der Waals surface area contributed by atoms with Crippen molar-refractivity contribution < 1.29 is 18.0 Å². The average Bonchev–Trinajstić information content (AvgIpc) is 3.20. The van der Waals surface area contributed by atoms with Gasteiger partial charge >= 0.3 is 0 Å². The summed E-state index contributed by atoms with van der Waals surface area (Å²) >= 11 is 6.03. The topological polar surface area (TPSA) is 87.7 Å². The molecule has 1 atom stereocenters. The summed E-state index contributed by atoms with van der Waals surface area (Å²) in [7, 11) is -3.80. The zero-order valence-electron chi connectivity index (χ0n) is 13.5. The molecule has 1 aromatic carbocycles. The summed E-state index contributed by atoms with van der Waals surface area (Å²) in [6.45, 7) is 0.248. The molecule has 9 heteroatoms. The van der Waals surface area contributed by atoms with Crippen LogP contribution in [0.5, 0.6) is 0 Å². The van der Waals surface area contributed by atoms with Gasteiger partial charge in [-0.05, 0) is 30.7 Å². The van der Waals surface area contributed by atoms with Crippen molar-refractivity contribution in [2.45, 2.75) is 17.4 Å². The lowest BCUT2D eigenvalue weighted by molar-refractivity contribution is 0.0591. The number of pyridine rings is 1. The van der Waals surface area contributed by atoms with Crippen molar-refractivity contribution >= 4 is 33.4 Å². The lowest BCUT2D eigenvalue weighted by atomic mass is 10.2. The molecule has 0 aliphatic carbocycles. The van der Waals surface area contributed by atoms with Crippen LogP contribution in [-0.4, -0.2) is 53.6 Å². The van der Waals surface area contributed by atoms with Gasteiger partial charge in [-0.3, -0.25) is 19.5 Å². The molecule has 0 saturated carbocycles. The molecule has 2 aliphatic rings.